The number of nitrogens with one attached hydrogen (secondary N) is 1. The minimum absolute atomic E-state index is 0.207. The molecule has 6 heteroatoms. The topological polar surface area (TPSA) is 32.3 Å². The van der Waals surface area contributed by atoms with Crippen LogP contribution >= 0.6 is 0 Å². The van der Waals surface area contributed by atoms with Crippen LogP contribution in [0.4, 0.5) is 13.2 Å². The van der Waals surface area contributed by atoms with Crippen molar-refractivity contribution in [2.24, 2.45) is 0 Å². The zero-order valence-corrected chi connectivity index (χ0v) is 14.8. The van der Waals surface area contributed by atoms with Gasteiger partial charge in [0.05, 0.1) is 0 Å². The third kappa shape index (κ3) is 5.20. The van der Waals surface area contributed by atoms with E-state index in [4.69, 9.17) is 0 Å². The molecule has 2 aromatic carbocycles. The number of rotatable bonds is 5. The van der Waals surface area contributed by atoms with Crippen molar-refractivity contribution in [2.45, 2.75) is 25.4 Å². The summed E-state index contributed by atoms with van der Waals surface area (Å²) in [7, 11) is 0. The molecular formula is C21H21F3N2O. The van der Waals surface area contributed by atoms with Crippen LogP contribution in [0, 0.1) is 17.5 Å². The van der Waals surface area contributed by atoms with Gasteiger partial charge in [0.25, 0.3) is 0 Å². The van der Waals surface area contributed by atoms with Crippen LogP contribution in [0.2, 0.25) is 0 Å². The van der Waals surface area contributed by atoms with Crippen LogP contribution in [0.5, 0.6) is 0 Å². The molecule has 27 heavy (non-hydrogen) atoms. The quantitative estimate of drug-likeness (QED) is 0.805. The number of hydrogen-bond acceptors (Lipinski definition) is 2. The predicted molar refractivity (Wildman–Crippen MR) is 98.2 cm³/mol. The molecule has 0 spiro atoms. The van der Waals surface area contributed by atoms with Gasteiger partial charge >= 0.3 is 0 Å². The summed E-state index contributed by atoms with van der Waals surface area (Å²) in [6.07, 6.45) is 3.98. The average Bonchev–Trinajstić information content (AvgIpc) is 2.67. The Kier molecular flexibility index (Phi) is 6.29. The number of nitrogens with zero attached hydrogens (tertiary/aromatic N) is 1. The van der Waals surface area contributed by atoms with Gasteiger partial charge in [-0.05, 0) is 48.7 Å². The summed E-state index contributed by atoms with van der Waals surface area (Å²) in [5.74, 6) is -1.89. The standard InChI is InChI=1S/C21H21F3N2O/c22-16-6-4-15(5-7-16)14-25-17-10-12-26(13-11-17)21(27)9-8-18-19(23)2-1-3-20(18)24/h1-9,17,25H,10-14H2/b9-8+. The molecule has 0 saturated carbocycles. The molecule has 2 aromatic rings. The average molecular weight is 374 g/mol. The number of carbonyl (C=O) groups excluding carboxylic acids is 1. The smallest absolute Gasteiger partial charge is 0.246 e. The molecule has 1 aliphatic rings. The molecular weight excluding hydrogens is 353 g/mol. The zero-order chi connectivity index (χ0) is 19.2. The van der Waals surface area contributed by atoms with Gasteiger partial charge in [0.1, 0.15) is 17.5 Å². The highest BCUT2D eigenvalue weighted by Crippen LogP contribution is 2.16. The fraction of sp³-hybridized carbons (Fsp3) is 0.286. The number of benzene rings is 2. The van der Waals surface area contributed by atoms with E-state index in [1.165, 1.54) is 30.4 Å². The van der Waals surface area contributed by atoms with E-state index in [0.717, 1.165) is 30.5 Å². The van der Waals surface area contributed by atoms with Crippen LogP contribution in [-0.4, -0.2) is 29.9 Å². The Morgan fingerprint density at radius 3 is 2.30 bits per heavy atom. The van der Waals surface area contributed by atoms with E-state index < -0.39 is 11.6 Å². The first kappa shape index (κ1) is 19.2. The second kappa shape index (κ2) is 8.86. The Hall–Kier alpha value is -2.60. The van der Waals surface area contributed by atoms with Crippen LogP contribution in [0.25, 0.3) is 6.08 Å². The second-order valence-electron chi connectivity index (χ2n) is 6.58. The first-order valence-corrected chi connectivity index (χ1v) is 8.92. The van der Waals surface area contributed by atoms with Crippen molar-refractivity contribution in [1.29, 1.82) is 0 Å². The lowest BCUT2D eigenvalue weighted by Gasteiger charge is -2.32. The van der Waals surface area contributed by atoms with Gasteiger partial charge < -0.3 is 10.2 Å². The normalized spacial score (nSPS) is 15.4. The van der Waals surface area contributed by atoms with Crippen molar-refractivity contribution in [1.82, 2.24) is 10.2 Å². The Bertz CT molecular complexity index is 792. The summed E-state index contributed by atoms with van der Waals surface area (Å²) in [6, 6.07) is 10.2. The molecule has 1 fully saturated rings. The number of amides is 1. The van der Waals surface area contributed by atoms with Gasteiger partial charge in [0, 0.05) is 37.3 Å². The lowest BCUT2D eigenvalue weighted by molar-refractivity contribution is -0.127. The van der Waals surface area contributed by atoms with Crippen LogP contribution in [-0.2, 0) is 11.3 Å². The van der Waals surface area contributed by atoms with Gasteiger partial charge in [-0.1, -0.05) is 18.2 Å². The molecule has 1 aliphatic heterocycles. The Morgan fingerprint density at radius 2 is 1.67 bits per heavy atom. The third-order valence-corrected chi connectivity index (χ3v) is 4.71. The van der Waals surface area contributed by atoms with Crippen LogP contribution in [0.3, 0.4) is 0 Å². The SMILES string of the molecule is O=C(/C=C/c1c(F)cccc1F)N1CCC(NCc2ccc(F)cc2)CC1. The molecule has 1 saturated heterocycles. The number of likely N-dealkylation sites (tertiary alicyclic amines) is 1. The molecule has 0 unspecified atom stereocenters. The van der Waals surface area contributed by atoms with Gasteiger partial charge in [0.15, 0.2) is 0 Å². The maximum Gasteiger partial charge on any atom is 0.246 e. The first-order valence-electron chi connectivity index (χ1n) is 8.92. The molecule has 142 valence electrons. The minimum Gasteiger partial charge on any atom is -0.339 e. The van der Waals surface area contributed by atoms with Crippen LogP contribution in [0.15, 0.2) is 48.5 Å². The maximum absolute atomic E-state index is 13.6. The second-order valence-corrected chi connectivity index (χ2v) is 6.58. The zero-order valence-electron chi connectivity index (χ0n) is 14.8. The summed E-state index contributed by atoms with van der Waals surface area (Å²) in [5.41, 5.74) is 0.798. The molecule has 1 N–H and O–H groups in total. The molecule has 0 aliphatic carbocycles. The van der Waals surface area contributed by atoms with Crippen molar-refractivity contribution in [3.05, 3.63) is 77.1 Å². The predicted octanol–water partition coefficient (Wildman–Crippen LogP) is 3.90. The highest BCUT2D eigenvalue weighted by Gasteiger charge is 2.21. The fourth-order valence-electron chi connectivity index (χ4n) is 3.10. The summed E-state index contributed by atoms with van der Waals surface area (Å²) in [4.78, 5) is 13.9. The van der Waals surface area contributed by atoms with E-state index in [0.29, 0.717) is 19.6 Å². The van der Waals surface area contributed by atoms with Crippen molar-refractivity contribution in [2.75, 3.05) is 13.1 Å². The van der Waals surface area contributed by atoms with Crippen LogP contribution in [0.1, 0.15) is 24.0 Å². The third-order valence-electron chi connectivity index (χ3n) is 4.71. The lowest BCUT2D eigenvalue weighted by Crippen LogP contribution is -2.44. The Balaban J connectivity index is 1.47. The summed E-state index contributed by atoms with van der Waals surface area (Å²) >= 11 is 0. The number of carbonyl (C=O) groups is 1. The maximum atomic E-state index is 13.6. The highest BCUT2D eigenvalue weighted by molar-refractivity contribution is 5.91. The molecule has 0 atom stereocenters. The summed E-state index contributed by atoms with van der Waals surface area (Å²) in [6.45, 7) is 1.79. The minimum atomic E-state index is -0.692. The molecule has 3 nitrogen and oxygen atoms in total. The fourth-order valence-corrected chi connectivity index (χ4v) is 3.10. The Labute approximate surface area is 156 Å². The van der Waals surface area contributed by atoms with Gasteiger partial charge in [0.2, 0.25) is 5.91 Å². The molecule has 1 amide bonds. The van der Waals surface area contributed by atoms with E-state index in [2.05, 4.69) is 5.32 Å². The molecule has 1 heterocycles. The van der Waals surface area contributed by atoms with E-state index in [-0.39, 0.29) is 23.3 Å². The van der Waals surface area contributed by atoms with E-state index in [1.807, 2.05) is 0 Å². The van der Waals surface area contributed by atoms with Gasteiger partial charge in [-0.25, -0.2) is 13.2 Å². The molecule has 0 aromatic heterocycles. The first-order chi connectivity index (χ1) is 13.0. The van der Waals surface area contributed by atoms with Gasteiger partial charge in [-0.3, -0.25) is 4.79 Å². The van der Waals surface area contributed by atoms with Gasteiger partial charge in [-0.15, -0.1) is 0 Å². The number of piperidine rings is 1. The molecule has 0 bridgehead atoms. The van der Waals surface area contributed by atoms with E-state index in [9.17, 15) is 18.0 Å². The number of hydrogen-bond donors (Lipinski definition) is 1. The number of halogens is 3. The van der Waals surface area contributed by atoms with Crippen molar-refractivity contribution in [3.8, 4) is 0 Å². The van der Waals surface area contributed by atoms with E-state index in [1.54, 1.807) is 17.0 Å². The highest BCUT2D eigenvalue weighted by atomic mass is 19.1. The summed E-state index contributed by atoms with van der Waals surface area (Å²) in [5, 5.41) is 3.41. The van der Waals surface area contributed by atoms with E-state index >= 15 is 0 Å². The van der Waals surface area contributed by atoms with Crippen LogP contribution < -0.4 is 5.32 Å². The van der Waals surface area contributed by atoms with Crippen molar-refractivity contribution < 1.29 is 18.0 Å². The largest absolute Gasteiger partial charge is 0.339 e. The van der Waals surface area contributed by atoms with Crippen molar-refractivity contribution in [3.63, 3.8) is 0 Å². The van der Waals surface area contributed by atoms with Crippen molar-refractivity contribution >= 4 is 12.0 Å². The molecule has 0 radical (unpaired) electrons. The Morgan fingerprint density at radius 1 is 1.04 bits per heavy atom. The summed E-state index contributed by atoms with van der Waals surface area (Å²) < 4.78 is 40.1. The van der Waals surface area contributed by atoms with Gasteiger partial charge in [-0.2, -0.15) is 0 Å². The lowest BCUT2D eigenvalue weighted by atomic mass is 10.0. The molecule has 3 rings (SSSR count). The monoisotopic (exact) mass is 374 g/mol.